The number of amides is 1. The maximum absolute atomic E-state index is 11.7. The van der Waals surface area contributed by atoms with Crippen LogP contribution in [0.1, 0.15) is 96.5 Å². The third kappa shape index (κ3) is 7.56. The molecule has 3 nitrogen and oxygen atoms in total. The van der Waals surface area contributed by atoms with E-state index in [9.17, 15) is 4.79 Å². The Morgan fingerprint density at radius 3 is 2.63 bits per heavy atom. The molecule has 0 bridgehead atoms. The first-order chi connectivity index (χ1) is 13.2. The molecule has 0 aliphatic heterocycles. The van der Waals surface area contributed by atoms with Gasteiger partial charge in [-0.05, 0) is 55.6 Å². The minimum Gasteiger partial charge on any atom is -0.490 e. The normalized spacial score (nSPS) is 19.5. The second-order valence-corrected chi connectivity index (χ2v) is 8.05. The van der Waals surface area contributed by atoms with Gasteiger partial charge >= 0.3 is 0 Å². The van der Waals surface area contributed by atoms with E-state index in [-0.39, 0.29) is 5.91 Å². The van der Waals surface area contributed by atoms with Crippen molar-refractivity contribution < 1.29 is 9.53 Å². The lowest BCUT2D eigenvalue weighted by molar-refractivity contribution is -0.121. The number of carbonyl (C=O) groups excluding carboxylic acids is 1. The molecule has 1 unspecified atom stereocenters. The summed E-state index contributed by atoms with van der Waals surface area (Å²) in [5.74, 6) is 2.34. The zero-order valence-corrected chi connectivity index (χ0v) is 17.6. The Labute approximate surface area is 166 Å². The molecule has 1 amide bonds. The highest BCUT2D eigenvalue weighted by atomic mass is 16.5. The van der Waals surface area contributed by atoms with E-state index in [0.29, 0.717) is 24.4 Å². The first-order valence-corrected chi connectivity index (χ1v) is 11.2. The summed E-state index contributed by atoms with van der Waals surface area (Å²) in [6.45, 7) is 7.32. The number of rotatable bonds is 14. The van der Waals surface area contributed by atoms with Crippen molar-refractivity contribution in [1.82, 2.24) is 5.32 Å². The molecule has 1 fully saturated rings. The second kappa shape index (κ2) is 12.0. The standard InChI is InChI=1S/C24H39NO2/c1-4-7-8-9-10-14-20(6-3)27-23-16-12-11-15-21(23)22-17-19(22)18-25-24(26)13-5-2/h11-12,15-16,19-20,22H,4-10,13-14,17-18H2,1-3H3,(H,25,26)/t19-,20?,22+/m0/s1. The van der Waals surface area contributed by atoms with E-state index in [1.165, 1.54) is 37.7 Å². The average molecular weight is 374 g/mol. The molecular weight excluding hydrogens is 334 g/mol. The Hall–Kier alpha value is -1.51. The van der Waals surface area contributed by atoms with Crippen LogP contribution >= 0.6 is 0 Å². The van der Waals surface area contributed by atoms with Gasteiger partial charge < -0.3 is 10.1 Å². The Bertz CT molecular complexity index is 557. The number of benzene rings is 1. The third-order valence-electron chi connectivity index (χ3n) is 5.66. The number of unbranched alkanes of at least 4 members (excludes halogenated alkanes) is 4. The Morgan fingerprint density at radius 1 is 1.11 bits per heavy atom. The van der Waals surface area contributed by atoms with Gasteiger partial charge in [-0.25, -0.2) is 0 Å². The van der Waals surface area contributed by atoms with Crippen molar-refractivity contribution in [2.24, 2.45) is 5.92 Å². The summed E-state index contributed by atoms with van der Waals surface area (Å²) in [5.41, 5.74) is 1.33. The van der Waals surface area contributed by atoms with E-state index in [2.05, 4.69) is 43.4 Å². The second-order valence-electron chi connectivity index (χ2n) is 8.05. The predicted molar refractivity (Wildman–Crippen MR) is 113 cm³/mol. The maximum atomic E-state index is 11.7. The molecule has 1 N–H and O–H groups in total. The van der Waals surface area contributed by atoms with Gasteiger partial charge in [-0.3, -0.25) is 4.79 Å². The fraction of sp³-hybridized carbons (Fsp3) is 0.708. The lowest BCUT2D eigenvalue weighted by Gasteiger charge is -2.20. The molecule has 1 aliphatic rings. The molecule has 3 atom stereocenters. The van der Waals surface area contributed by atoms with Crippen LogP contribution in [0.2, 0.25) is 0 Å². The van der Waals surface area contributed by atoms with Crippen LogP contribution in [0.3, 0.4) is 0 Å². The highest BCUT2D eigenvalue weighted by Crippen LogP contribution is 2.50. The van der Waals surface area contributed by atoms with E-state index in [4.69, 9.17) is 4.74 Å². The van der Waals surface area contributed by atoms with Crippen LogP contribution in [-0.4, -0.2) is 18.6 Å². The largest absolute Gasteiger partial charge is 0.490 e. The zero-order chi connectivity index (χ0) is 19.5. The summed E-state index contributed by atoms with van der Waals surface area (Å²) < 4.78 is 6.43. The molecule has 0 radical (unpaired) electrons. The number of para-hydroxylation sites is 1. The molecule has 1 aromatic carbocycles. The minimum absolute atomic E-state index is 0.182. The molecule has 0 saturated heterocycles. The van der Waals surface area contributed by atoms with Crippen LogP contribution in [0.5, 0.6) is 5.75 Å². The highest BCUT2D eigenvalue weighted by Gasteiger charge is 2.40. The summed E-state index contributed by atoms with van der Waals surface area (Å²) in [5, 5.41) is 3.08. The van der Waals surface area contributed by atoms with Crippen LogP contribution in [-0.2, 0) is 4.79 Å². The molecule has 152 valence electrons. The SMILES string of the molecule is CCCCCCCC(CC)Oc1ccccc1[C@@H]1C[C@H]1CNC(=O)CCC. The molecule has 2 rings (SSSR count). The van der Waals surface area contributed by atoms with Gasteiger partial charge in [-0.15, -0.1) is 0 Å². The van der Waals surface area contributed by atoms with Crippen LogP contribution in [0.25, 0.3) is 0 Å². The smallest absolute Gasteiger partial charge is 0.219 e. The summed E-state index contributed by atoms with van der Waals surface area (Å²) in [7, 11) is 0. The Kier molecular flexibility index (Phi) is 9.72. The number of carbonyl (C=O) groups is 1. The fourth-order valence-corrected chi connectivity index (χ4v) is 3.81. The van der Waals surface area contributed by atoms with Gasteiger partial charge in [0.15, 0.2) is 0 Å². The Morgan fingerprint density at radius 2 is 1.89 bits per heavy atom. The highest BCUT2D eigenvalue weighted by molar-refractivity contribution is 5.75. The van der Waals surface area contributed by atoms with Crippen LogP contribution in [0.15, 0.2) is 24.3 Å². The van der Waals surface area contributed by atoms with Crippen molar-refractivity contribution in [2.75, 3.05) is 6.54 Å². The van der Waals surface area contributed by atoms with Gasteiger partial charge in [0.05, 0.1) is 6.10 Å². The average Bonchev–Trinajstić information content (AvgIpc) is 3.45. The first-order valence-electron chi connectivity index (χ1n) is 11.2. The summed E-state index contributed by atoms with van der Waals surface area (Å²) in [6.07, 6.45) is 11.8. The van der Waals surface area contributed by atoms with Gasteiger partial charge in [-0.1, -0.05) is 64.7 Å². The molecule has 1 aliphatic carbocycles. The predicted octanol–water partition coefficient (Wildman–Crippen LogP) is 6.22. The van der Waals surface area contributed by atoms with Crippen LogP contribution in [0, 0.1) is 5.92 Å². The van der Waals surface area contributed by atoms with Gasteiger partial charge in [-0.2, -0.15) is 0 Å². The summed E-state index contributed by atoms with van der Waals surface area (Å²) in [4.78, 5) is 11.7. The van der Waals surface area contributed by atoms with E-state index in [1.807, 2.05) is 6.92 Å². The summed E-state index contributed by atoms with van der Waals surface area (Å²) >= 11 is 0. The molecular formula is C24H39NO2. The number of hydrogen-bond donors (Lipinski definition) is 1. The molecule has 1 saturated carbocycles. The Balaban J connectivity index is 1.83. The number of nitrogens with one attached hydrogen (secondary N) is 1. The van der Waals surface area contributed by atoms with Crippen molar-refractivity contribution in [3.63, 3.8) is 0 Å². The zero-order valence-electron chi connectivity index (χ0n) is 17.6. The van der Waals surface area contributed by atoms with E-state index in [1.54, 1.807) is 0 Å². The van der Waals surface area contributed by atoms with E-state index >= 15 is 0 Å². The van der Waals surface area contributed by atoms with Gasteiger partial charge in [0.2, 0.25) is 5.91 Å². The quantitative estimate of drug-likeness (QED) is 0.393. The fourth-order valence-electron chi connectivity index (χ4n) is 3.81. The van der Waals surface area contributed by atoms with Gasteiger partial charge in [0.1, 0.15) is 5.75 Å². The van der Waals surface area contributed by atoms with Crippen molar-refractivity contribution in [3.8, 4) is 5.75 Å². The third-order valence-corrected chi connectivity index (χ3v) is 5.66. The maximum Gasteiger partial charge on any atom is 0.219 e. The number of ether oxygens (including phenoxy) is 1. The molecule has 0 spiro atoms. The molecule has 3 heteroatoms. The van der Waals surface area contributed by atoms with Crippen molar-refractivity contribution in [2.45, 2.75) is 97.0 Å². The van der Waals surface area contributed by atoms with E-state index < -0.39 is 0 Å². The van der Waals surface area contributed by atoms with Gasteiger partial charge in [0, 0.05) is 13.0 Å². The minimum atomic E-state index is 0.182. The van der Waals surface area contributed by atoms with Crippen molar-refractivity contribution in [1.29, 1.82) is 0 Å². The lowest BCUT2D eigenvalue weighted by atomic mass is 10.1. The van der Waals surface area contributed by atoms with Crippen molar-refractivity contribution in [3.05, 3.63) is 29.8 Å². The monoisotopic (exact) mass is 373 g/mol. The van der Waals surface area contributed by atoms with Crippen LogP contribution < -0.4 is 10.1 Å². The van der Waals surface area contributed by atoms with Crippen molar-refractivity contribution >= 4 is 5.91 Å². The first kappa shape index (κ1) is 21.8. The number of hydrogen-bond acceptors (Lipinski definition) is 2. The molecule has 27 heavy (non-hydrogen) atoms. The summed E-state index contributed by atoms with van der Waals surface area (Å²) in [6, 6.07) is 8.52. The van der Waals surface area contributed by atoms with Crippen LogP contribution in [0.4, 0.5) is 0 Å². The lowest BCUT2D eigenvalue weighted by Crippen LogP contribution is -2.25. The molecule has 1 aromatic rings. The molecule has 0 heterocycles. The molecule has 0 aromatic heterocycles. The van der Waals surface area contributed by atoms with Gasteiger partial charge in [0.25, 0.3) is 0 Å². The topological polar surface area (TPSA) is 38.3 Å². The van der Waals surface area contributed by atoms with E-state index in [0.717, 1.165) is 38.0 Å².